The number of halogens is 2. The number of hydrogen-bond donors (Lipinski definition) is 1. The highest BCUT2D eigenvalue weighted by Gasteiger charge is 1.97. The monoisotopic (exact) mass is 190 g/mol. The van der Waals surface area contributed by atoms with Gasteiger partial charge in [-0.1, -0.05) is 22.5 Å². The summed E-state index contributed by atoms with van der Waals surface area (Å²) >= 11 is 10.7. The molecule has 0 bridgehead atoms. The molecule has 0 aliphatic carbocycles. The molecule has 9 heavy (non-hydrogen) atoms. The molecule has 0 aliphatic heterocycles. The van der Waals surface area contributed by atoms with E-state index in [0.717, 1.165) is 0 Å². The lowest BCUT2D eigenvalue weighted by molar-refractivity contribution is 0.696. The maximum atomic E-state index is 5.37. The van der Waals surface area contributed by atoms with E-state index in [0.29, 0.717) is 0 Å². The third-order valence-corrected chi connectivity index (χ3v) is 2.72. The summed E-state index contributed by atoms with van der Waals surface area (Å²) in [5, 5.41) is 2.75. The molecule has 0 aliphatic rings. The van der Waals surface area contributed by atoms with E-state index in [2.05, 4.69) is 5.32 Å². The van der Waals surface area contributed by atoms with E-state index >= 15 is 0 Å². The first-order valence-corrected chi connectivity index (χ1v) is 5.54. The highest BCUT2D eigenvalue weighted by atomic mass is 35.9. The molecule has 0 unspecified atom stereocenters. The van der Waals surface area contributed by atoms with Gasteiger partial charge in [0.15, 0.2) is 6.78 Å². The molecule has 0 aromatic rings. The van der Waals surface area contributed by atoms with Gasteiger partial charge in [-0.15, -0.1) is 0 Å². The van der Waals surface area contributed by atoms with Crippen molar-refractivity contribution in [3.63, 3.8) is 0 Å². The summed E-state index contributed by atoms with van der Waals surface area (Å²) in [4.78, 5) is 0. The first kappa shape index (κ1) is 12.6. The van der Waals surface area contributed by atoms with Crippen molar-refractivity contribution in [2.45, 2.75) is 0 Å². The number of rotatable bonds is 1. The Labute approximate surface area is 67.9 Å². The molecule has 0 atom stereocenters. The SMILES string of the molecule is CN(C)P(Cl)Cl.CNC. The Morgan fingerprint density at radius 3 is 1.33 bits per heavy atom. The van der Waals surface area contributed by atoms with Crippen LogP contribution in [0.15, 0.2) is 0 Å². The van der Waals surface area contributed by atoms with Crippen molar-refractivity contribution in [2.75, 3.05) is 28.2 Å². The van der Waals surface area contributed by atoms with E-state index in [9.17, 15) is 0 Å². The van der Waals surface area contributed by atoms with Gasteiger partial charge < -0.3 is 5.32 Å². The molecule has 0 amide bonds. The van der Waals surface area contributed by atoms with Crippen LogP contribution in [0, 0.1) is 0 Å². The van der Waals surface area contributed by atoms with Crippen molar-refractivity contribution in [3.05, 3.63) is 0 Å². The highest BCUT2D eigenvalue weighted by Crippen LogP contribution is 2.47. The molecule has 0 saturated heterocycles. The van der Waals surface area contributed by atoms with Crippen LogP contribution in [0.4, 0.5) is 0 Å². The van der Waals surface area contributed by atoms with Crippen LogP contribution in [-0.4, -0.2) is 32.9 Å². The minimum absolute atomic E-state index is 0.882. The lowest BCUT2D eigenvalue weighted by Gasteiger charge is -2.06. The van der Waals surface area contributed by atoms with Crippen LogP contribution in [0.5, 0.6) is 0 Å². The van der Waals surface area contributed by atoms with Crippen molar-refractivity contribution in [3.8, 4) is 0 Å². The van der Waals surface area contributed by atoms with E-state index in [1.165, 1.54) is 0 Å². The van der Waals surface area contributed by atoms with Crippen LogP contribution in [0.3, 0.4) is 0 Å². The van der Waals surface area contributed by atoms with Crippen molar-refractivity contribution in [2.24, 2.45) is 0 Å². The highest BCUT2D eigenvalue weighted by molar-refractivity contribution is 8.02. The molecule has 58 valence electrons. The van der Waals surface area contributed by atoms with Crippen molar-refractivity contribution >= 4 is 29.3 Å². The molecule has 0 aromatic heterocycles. The summed E-state index contributed by atoms with van der Waals surface area (Å²) in [6, 6.07) is 0. The Bertz CT molecular complexity index is 45.8. The summed E-state index contributed by atoms with van der Waals surface area (Å²) in [6.07, 6.45) is 0. The Balaban J connectivity index is 0. The topological polar surface area (TPSA) is 15.3 Å². The second kappa shape index (κ2) is 8.93. The van der Waals surface area contributed by atoms with E-state index in [1.54, 1.807) is 4.67 Å². The van der Waals surface area contributed by atoms with Gasteiger partial charge in [-0.2, -0.15) is 0 Å². The van der Waals surface area contributed by atoms with Crippen LogP contribution in [-0.2, 0) is 0 Å². The van der Waals surface area contributed by atoms with Crippen molar-refractivity contribution < 1.29 is 0 Å². The third-order valence-electron chi connectivity index (χ3n) is 0.302. The van der Waals surface area contributed by atoms with Gasteiger partial charge in [0.2, 0.25) is 0 Å². The lowest BCUT2D eigenvalue weighted by atomic mass is 11.3. The number of nitrogens with zero attached hydrogens (tertiary/aromatic N) is 1. The quantitative estimate of drug-likeness (QED) is 0.638. The summed E-state index contributed by atoms with van der Waals surface area (Å²) in [5.74, 6) is 0. The fraction of sp³-hybridized carbons (Fsp3) is 1.00. The summed E-state index contributed by atoms with van der Waals surface area (Å²) in [7, 11) is 7.43. The van der Waals surface area contributed by atoms with Gasteiger partial charge in [-0.3, -0.25) is 4.67 Å². The zero-order chi connectivity index (χ0) is 7.86. The maximum absolute atomic E-state index is 5.37. The zero-order valence-electron chi connectivity index (χ0n) is 6.15. The number of hydrogen-bond acceptors (Lipinski definition) is 2. The van der Waals surface area contributed by atoms with Crippen molar-refractivity contribution in [1.29, 1.82) is 0 Å². The summed E-state index contributed by atoms with van der Waals surface area (Å²) < 4.78 is 1.76. The minimum Gasteiger partial charge on any atom is -0.323 e. The molecule has 5 heteroatoms. The van der Waals surface area contributed by atoms with Gasteiger partial charge in [0.25, 0.3) is 0 Å². The van der Waals surface area contributed by atoms with E-state index < -0.39 is 6.78 Å². The Morgan fingerprint density at radius 1 is 1.22 bits per heavy atom. The van der Waals surface area contributed by atoms with Crippen LogP contribution >= 0.6 is 29.3 Å². The first-order chi connectivity index (χ1) is 4.06. The molecule has 1 N–H and O–H groups in total. The molecular weight excluding hydrogens is 178 g/mol. The molecule has 0 heterocycles. The summed E-state index contributed by atoms with van der Waals surface area (Å²) in [5.41, 5.74) is 0. The van der Waals surface area contributed by atoms with Gasteiger partial charge >= 0.3 is 0 Å². The van der Waals surface area contributed by atoms with Crippen LogP contribution in [0.2, 0.25) is 0 Å². The third kappa shape index (κ3) is 17.6. The second-order valence-electron chi connectivity index (χ2n) is 1.56. The second-order valence-corrected chi connectivity index (χ2v) is 5.23. The normalized spacial score (nSPS) is 9.33. The van der Waals surface area contributed by atoms with Gasteiger partial charge in [0.05, 0.1) is 0 Å². The first-order valence-electron chi connectivity index (χ1n) is 2.43. The minimum atomic E-state index is -0.882. The molecule has 2 nitrogen and oxygen atoms in total. The lowest BCUT2D eigenvalue weighted by Crippen LogP contribution is -1.95. The smallest absolute Gasteiger partial charge is 0.159 e. The van der Waals surface area contributed by atoms with Gasteiger partial charge in [-0.05, 0) is 28.2 Å². The van der Waals surface area contributed by atoms with Crippen LogP contribution in [0.1, 0.15) is 0 Å². The predicted octanol–water partition coefficient (Wildman–Crippen LogP) is 2.09. The van der Waals surface area contributed by atoms with E-state index in [1.807, 2.05) is 28.2 Å². The predicted molar refractivity (Wildman–Crippen MR) is 47.3 cm³/mol. The van der Waals surface area contributed by atoms with Gasteiger partial charge in [-0.25, -0.2) is 0 Å². The molecule has 0 saturated carbocycles. The Morgan fingerprint density at radius 2 is 1.33 bits per heavy atom. The molecule has 0 radical (unpaired) electrons. The van der Waals surface area contributed by atoms with Gasteiger partial charge in [0.1, 0.15) is 0 Å². The average molecular weight is 191 g/mol. The summed E-state index contributed by atoms with van der Waals surface area (Å²) in [6.45, 7) is -0.882. The fourth-order valence-corrected chi connectivity index (χ4v) is 0. The van der Waals surface area contributed by atoms with Crippen molar-refractivity contribution in [1.82, 2.24) is 9.99 Å². The fourth-order valence-electron chi connectivity index (χ4n) is 0. The zero-order valence-corrected chi connectivity index (χ0v) is 8.56. The van der Waals surface area contributed by atoms with Crippen LogP contribution < -0.4 is 5.32 Å². The van der Waals surface area contributed by atoms with Gasteiger partial charge in [0, 0.05) is 0 Å². The molecule has 0 rings (SSSR count). The molecule has 0 aromatic carbocycles. The average Bonchev–Trinajstić information content (AvgIpc) is 1.68. The molecule has 0 spiro atoms. The maximum Gasteiger partial charge on any atom is 0.159 e. The van der Waals surface area contributed by atoms with E-state index in [4.69, 9.17) is 22.5 Å². The Kier molecular flexibility index (Phi) is 12.5. The standard InChI is InChI=1S/C2H6Cl2NP.C2H7N/c1-5(2)6(3)4;1-3-2/h1-2H3;3H,1-2H3. The van der Waals surface area contributed by atoms with Crippen LogP contribution in [0.25, 0.3) is 0 Å². The number of nitrogens with one attached hydrogen (secondary N) is 1. The molecule has 0 fully saturated rings. The Hall–Kier alpha value is 0.930. The molecular formula is C4H13Cl2N2P. The largest absolute Gasteiger partial charge is 0.323 e. The van der Waals surface area contributed by atoms with E-state index in [-0.39, 0.29) is 0 Å².